The molecule has 5 nitrogen and oxygen atoms in total. The maximum atomic E-state index is 12.1. The maximum Gasteiger partial charge on any atom is 0.243 e. The van der Waals surface area contributed by atoms with E-state index in [1.807, 2.05) is 37.4 Å². The van der Waals surface area contributed by atoms with Gasteiger partial charge >= 0.3 is 0 Å². The molecule has 2 amide bonds. The lowest BCUT2D eigenvalue weighted by molar-refractivity contribution is -0.122. The van der Waals surface area contributed by atoms with E-state index < -0.39 is 0 Å². The Bertz CT molecular complexity index is 623. The normalized spacial score (nSPS) is 23.9. The third-order valence-corrected chi connectivity index (χ3v) is 5.28. The zero-order chi connectivity index (χ0) is 15.7. The topological polar surface area (TPSA) is 70.6 Å². The van der Waals surface area contributed by atoms with Gasteiger partial charge in [-0.2, -0.15) is 16.9 Å². The summed E-state index contributed by atoms with van der Waals surface area (Å²) in [6, 6.07) is 7.66. The van der Waals surface area contributed by atoms with E-state index in [1.165, 1.54) is 0 Å². The van der Waals surface area contributed by atoms with Crippen LogP contribution in [-0.2, 0) is 9.59 Å². The number of carbonyl (C=O) groups is 2. The van der Waals surface area contributed by atoms with E-state index in [9.17, 15) is 9.59 Å². The summed E-state index contributed by atoms with van der Waals surface area (Å²) in [5, 5.41) is 7.09. The number of amides is 2. The van der Waals surface area contributed by atoms with Crippen LogP contribution >= 0.6 is 11.8 Å². The molecule has 1 fully saturated rings. The summed E-state index contributed by atoms with van der Waals surface area (Å²) < 4.78 is 0. The molecule has 1 aliphatic heterocycles. The van der Waals surface area contributed by atoms with Gasteiger partial charge in [-0.05, 0) is 36.8 Å². The van der Waals surface area contributed by atoms with Gasteiger partial charge in [0.1, 0.15) is 0 Å². The highest BCUT2D eigenvalue weighted by molar-refractivity contribution is 7.99. The van der Waals surface area contributed by atoms with Crippen molar-refractivity contribution in [2.24, 2.45) is 16.9 Å². The number of anilines is 1. The fraction of sp³-hybridized carbons (Fsp3) is 0.438. The van der Waals surface area contributed by atoms with E-state index >= 15 is 0 Å². The molecule has 0 aromatic heterocycles. The Labute approximate surface area is 133 Å². The number of rotatable bonds is 5. The van der Waals surface area contributed by atoms with Crippen molar-refractivity contribution in [2.75, 3.05) is 11.6 Å². The molecule has 0 spiro atoms. The number of nitrogens with one attached hydrogen (secondary N) is 2. The van der Waals surface area contributed by atoms with Crippen LogP contribution in [0.25, 0.3) is 0 Å². The molecule has 1 aromatic carbocycles. The predicted octanol–water partition coefficient (Wildman–Crippen LogP) is 2.24. The van der Waals surface area contributed by atoms with Crippen molar-refractivity contribution in [3.63, 3.8) is 0 Å². The number of hydrazone groups is 1. The second-order valence-electron chi connectivity index (χ2n) is 5.62. The molecule has 3 unspecified atom stereocenters. The molecule has 6 heteroatoms. The first-order chi connectivity index (χ1) is 10.6. The first-order valence-electron chi connectivity index (χ1n) is 7.45. The summed E-state index contributed by atoms with van der Waals surface area (Å²) in [4.78, 5) is 23.5. The van der Waals surface area contributed by atoms with Gasteiger partial charge in [-0.25, -0.2) is 5.43 Å². The second-order valence-corrected chi connectivity index (χ2v) is 6.66. The highest BCUT2D eigenvalue weighted by Crippen LogP contribution is 2.43. The van der Waals surface area contributed by atoms with Gasteiger partial charge < -0.3 is 5.32 Å². The van der Waals surface area contributed by atoms with Gasteiger partial charge in [0.2, 0.25) is 11.8 Å². The van der Waals surface area contributed by atoms with E-state index in [1.54, 1.807) is 11.8 Å². The van der Waals surface area contributed by atoms with E-state index in [2.05, 4.69) is 15.8 Å². The summed E-state index contributed by atoms with van der Waals surface area (Å²) in [6.07, 6.45) is 3.64. The van der Waals surface area contributed by atoms with Crippen LogP contribution in [0.4, 0.5) is 5.69 Å². The summed E-state index contributed by atoms with van der Waals surface area (Å²) >= 11 is 1.56. The smallest absolute Gasteiger partial charge is 0.243 e. The van der Waals surface area contributed by atoms with Gasteiger partial charge in [0, 0.05) is 17.5 Å². The first-order valence-corrected chi connectivity index (χ1v) is 8.74. The van der Waals surface area contributed by atoms with Gasteiger partial charge in [-0.1, -0.05) is 19.1 Å². The number of fused-ring (bicyclic) bond motifs is 1. The zero-order valence-corrected chi connectivity index (χ0v) is 13.4. The minimum absolute atomic E-state index is 0.0233. The van der Waals surface area contributed by atoms with Crippen molar-refractivity contribution in [3.05, 3.63) is 29.8 Å². The van der Waals surface area contributed by atoms with Crippen molar-refractivity contribution >= 4 is 35.0 Å². The van der Waals surface area contributed by atoms with Crippen LogP contribution in [0.1, 0.15) is 25.3 Å². The van der Waals surface area contributed by atoms with Gasteiger partial charge in [-0.3, -0.25) is 9.59 Å². The van der Waals surface area contributed by atoms with Crippen molar-refractivity contribution < 1.29 is 9.59 Å². The Hall–Kier alpha value is -1.82. The molecule has 3 atom stereocenters. The summed E-state index contributed by atoms with van der Waals surface area (Å²) in [5.41, 5.74) is 5.31. The van der Waals surface area contributed by atoms with Crippen LogP contribution < -0.4 is 10.7 Å². The SMILES string of the molecule is CCC(SC)C(=O)Nc1ccc(C2=NNC(=O)C3CC23)cc1. The number of carbonyl (C=O) groups excluding carboxylic acids is 2. The van der Waals surface area contributed by atoms with Crippen molar-refractivity contribution in [1.29, 1.82) is 0 Å². The molecule has 0 saturated heterocycles. The van der Waals surface area contributed by atoms with E-state index in [0.717, 1.165) is 29.8 Å². The lowest BCUT2D eigenvalue weighted by atomic mass is 10.0. The lowest BCUT2D eigenvalue weighted by Crippen LogP contribution is -2.28. The summed E-state index contributed by atoms with van der Waals surface area (Å²) in [5.74, 6) is 0.418. The minimum atomic E-state index is -0.0233. The molecular formula is C16H19N3O2S. The predicted molar refractivity (Wildman–Crippen MR) is 88.9 cm³/mol. The molecule has 1 heterocycles. The first kappa shape index (κ1) is 15.1. The monoisotopic (exact) mass is 317 g/mol. The van der Waals surface area contributed by atoms with Crippen LogP contribution in [0, 0.1) is 11.8 Å². The Balaban J connectivity index is 1.69. The fourth-order valence-electron chi connectivity index (χ4n) is 2.75. The molecule has 3 rings (SSSR count). The van der Waals surface area contributed by atoms with Crippen molar-refractivity contribution in [1.82, 2.24) is 5.43 Å². The molecule has 2 aliphatic rings. The lowest BCUT2D eigenvalue weighted by Gasteiger charge is -2.14. The summed E-state index contributed by atoms with van der Waals surface area (Å²) in [6.45, 7) is 2.01. The highest BCUT2D eigenvalue weighted by atomic mass is 32.2. The fourth-order valence-corrected chi connectivity index (χ4v) is 3.36. The second kappa shape index (κ2) is 6.12. The Morgan fingerprint density at radius 3 is 2.77 bits per heavy atom. The van der Waals surface area contributed by atoms with Gasteiger partial charge in [0.05, 0.1) is 11.0 Å². The average Bonchev–Trinajstić information content (AvgIpc) is 3.31. The Morgan fingerprint density at radius 2 is 2.14 bits per heavy atom. The van der Waals surface area contributed by atoms with Crippen molar-refractivity contribution in [3.8, 4) is 0 Å². The third kappa shape index (κ3) is 2.88. The van der Waals surface area contributed by atoms with E-state index in [4.69, 9.17) is 0 Å². The molecule has 2 N–H and O–H groups in total. The van der Waals surface area contributed by atoms with Crippen LogP contribution in [0.2, 0.25) is 0 Å². The Morgan fingerprint density at radius 1 is 1.41 bits per heavy atom. The molecule has 0 radical (unpaired) electrons. The largest absolute Gasteiger partial charge is 0.325 e. The molecule has 116 valence electrons. The zero-order valence-electron chi connectivity index (χ0n) is 12.6. The molecule has 1 aliphatic carbocycles. The molecule has 22 heavy (non-hydrogen) atoms. The number of thioether (sulfide) groups is 1. The quantitative estimate of drug-likeness (QED) is 0.875. The van der Waals surface area contributed by atoms with Gasteiger partial charge in [0.15, 0.2) is 0 Å². The Kier molecular flexibility index (Phi) is 4.20. The van der Waals surface area contributed by atoms with Crippen molar-refractivity contribution in [2.45, 2.75) is 25.0 Å². The number of hydrogen-bond acceptors (Lipinski definition) is 4. The van der Waals surface area contributed by atoms with Crippen LogP contribution in [-0.4, -0.2) is 29.0 Å². The van der Waals surface area contributed by atoms with Crippen LogP contribution in [0.3, 0.4) is 0 Å². The number of benzene rings is 1. The molecule has 1 aromatic rings. The standard InChI is InChI=1S/C16H19N3O2S/c1-3-13(22-2)16(21)17-10-6-4-9(5-7-10)14-11-8-12(11)15(20)19-18-14/h4-7,11-13H,3,8H2,1-2H3,(H,17,21)(H,19,20). The van der Waals surface area contributed by atoms with Gasteiger partial charge in [0.25, 0.3) is 0 Å². The summed E-state index contributed by atoms with van der Waals surface area (Å²) in [7, 11) is 0. The maximum absolute atomic E-state index is 12.1. The number of hydrogen-bond donors (Lipinski definition) is 2. The van der Waals surface area contributed by atoms with E-state index in [-0.39, 0.29) is 28.9 Å². The van der Waals surface area contributed by atoms with E-state index in [0.29, 0.717) is 0 Å². The van der Waals surface area contributed by atoms with Crippen LogP contribution in [0.5, 0.6) is 0 Å². The number of nitrogens with zero attached hydrogens (tertiary/aromatic N) is 1. The third-order valence-electron chi connectivity index (χ3n) is 4.16. The molecule has 1 saturated carbocycles. The molecule has 0 bridgehead atoms. The highest BCUT2D eigenvalue weighted by Gasteiger charge is 2.49. The minimum Gasteiger partial charge on any atom is -0.325 e. The van der Waals surface area contributed by atoms with Gasteiger partial charge in [-0.15, -0.1) is 0 Å². The molecular weight excluding hydrogens is 298 g/mol. The average molecular weight is 317 g/mol. The van der Waals surface area contributed by atoms with Crippen LogP contribution in [0.15, 0.2) is 29.4 Å².